The first-order valence-corrected chi connectivity index (χ1v) is 12.6. The summed E-state index contributed by atoms with van der Waals surface area (Å²) in [5.74, 6) is -1.40. The molecule has 1 fully saturated rings. The molecule has 1 amide bonds. The Morgan fingerprint density at radius 2 is 1.67 bits per heavy atom. The van der Waals surface area contributed by atoms with Gasteiger partial charge in [0.15, 0.2) is 6.61 Å². The molecule has 0 radical (unpaired) electrons. The Bertz CT molecular complexity index is 1110. The van der Waals surface area contributed by atoms with Gasteiger partial charge in [0.1, 0.15) is 5.82 Å². The van der Waals surface area contributed by atoms with Crippen molar-refractivity contribution < 1.29 is 27.1 Å². The lowest BCUT2D eigenvalue weighted by atomic mass is 9.92. The number of carbonyl (C=O) groups excluding carboxylic acids is 2. The molecule has 4 rings (SSSR count). The third-order valence-corrected chi connectivity index (χ3v) is 8.13. The van der Waals surface area contributed by atoms with Crippen molar-refractivity contribution in [2.45, 2.75) is 43.0 Å². The molecule has 0 spiro atoms. The summed E-state index contributed by atoms with van der Waals surface area (Å²) >= 11 is 0. The highest BCUT2D eigenvalue weighted by Crippen LogP contribution is 2.36. The van der Waals surface area contributed by atoms with E-state index in [-0.39, 0.29) is 30.4 Å². The van der Waals surface area contributed by atoms with E-state index >= 15 is 0 Å². The number of sulfonamides is 1. The van der Waals surface area contributed by atoms with E-state index in [0.29, 0.717) is 19.5 Å². The van der Waals surface area contributed by atoms with Gasteiger partial charge in [0.2, 0.25) is 10.0 Å². The number of ether oxygens (including phenoxy) is 1. The van der Waals surface area contributed by atoms with Gasteiger partial charge in [0.25, 0.3) is 5.91 Å². The van der Waals surface area contributed by atoms with Gasteiger partial charge in [-0.1, -0.05) is 24.3 Å². The molecule has 0 N–H and O–H groups in total. The minimum Gasteiger partial charge on any atom is -0.456 e. The number of hydrogen-bond acceptors (Lipinski definition) is 5. The van der Waals surface area contributed by atoms with Crippen LogP contribution in [-0.4, -0.2) is 55.7 Å². The number of nitrogens with zero attached hydrogens (tertiary/aromatic N) is 2. The van der Waals surface area contributed by atoms with Crippen LogP contribution in [0.3, 0.4) is 0 Å². The second kappa shape index (κ2) is 10.0. The highest BCUT2D eigenvalue weighted by molar-refractivity contribution is 7.89. The highest BCUT2D eigenvalue weighted by Gasteiger charge is 2.38. The van der Waals surface area contributed by atoms with Crippen LogP contribution in [-0.2, 0) is 30.8 Å². The Kier molecular flexibility index (Phi) is 7.09. The fourth-order valence-corrected chi connectivity index (χ4v) is 6.07. The number of piperidine rings is 1. The van der Waals surface area contributed by atoms with Gasteiger partial charge in [0.05, 0.1) is 17.4 Å². The van der Waals surface area contributed by atoms with Crippen LogP contribution in [0, 0.1) is 5.82 Å². The average molecular weight is 475 g/mol. The van der Waals surface area contributed by atoms with Gasteiger partial charge in [-0.2, -0.15) is 4.31 Å². The molecule has 0 saturated carbocycles. The number of esters is 1. The predicted molar refractivity (Wildman–Crippen MR) is 119 cm³/mol. The van der Waals surface area contributed by atoms with E-state index in [1.54, 1.807) is 17.0 Å². The third-order valence-electron chi connectivity index (χ3n) is 6.21. The van der Waals surface area contributed by atoms with Crippen LogP contribution in [0.25, 0.3) is 0 Å². The molecule has 0 aliphatic carbocycles. The molecule has 2 aliphatic rings. The Balaban J connectivity index is 1.52. The second-order valence-corrected chi connectivity index (χ2v) is 10.2. The van der Waals surface area contributed by atoms with Crippen molar-refractivity contribution in [2.75, 3.05) is 26.2 Å². The molecule has 0 bridgehead atoms. The van der Waals surface area contributed by atoms with E-state index in [4.69, 9.17) is 4.74 Å². The van der Waals surface area contributed by atoms with Crippen molar-refractivity contribution in [1.82, 2.24) is 9.21 Å². The second-order valence-electron chi connectivity index (χ2n) is 8.34. The molecule has 176 valence electrons. The van der Waals surface area contributed by atoms with Crippen LogP contribution < -0.4 is 0 Å². The van der Waals surface area contributed by atoms with Gasteiger partial charge >= 0.3 is 5.97 Å². The molecule has 7 nitrogen and oxygen atoms in total. The van der Waals surface area contributed by atoms with Crippen LogP contribution in [0.2, 0.25) is 0 Å². The van der Waals surface area contributed by atoms with Crippen molar-refractivity contribution in [3.8, 4) is 0 Å². The molecule has 2 aromatic rings. The molecule has 33 heavy (non-hydrogen) atoms. The minimum absolute atomic E-state index is 0.0399. The van der Waals surface area contributed by atoms with Gasteiger partial charge in [-0.3, -0.25) is 9.59 Å². The minimum atomic E-state index is -3.98. The van der Waals surface area contributed by atoms with E-state index < -0.39 is 27.9 Å². The molecule has 9 heteroatoms. The Hall–Kier alpha value is -2.78. The molecule has 0 aromatic heterocycles. The first kappa shape index (κ1) is 23.4. The first-order valence-electron chi connectivity index (χ1n) is 11.1. The standard InChI is InChI=1S/C24H27FN2O5S/c25-19-8-10-20(11-9-19)33(30,31)27-15-12-18-6-2-3-7-21(18)22(27)16-24(29)32-17-23(28)26-13-4-1-5-14-26/h2-3,6-11,22H,1,4-5,12-17H2/t22-/m1/s1. The van der Waals surface area contributed by atoms with Crippen LogP contribution in [0.1, 0.15) is 42.9 Å². The maximum Gasteiger partial charge on any atom is 0.308 e. The van der Waals surface area contributed by atoms with Crippen LogP contribution in [0.4, 0.5) is 4.39 Å². The van der Waals surface area contributed by atoms with Crippen molar-refractivity contribution in [1.29, 1.82) is 0 Å². The molecule has 2 aliphatic heterocycles. The van der Waals surface area contributed by atoms with Crippen molar-refractivity contribution >= 4 is 21.9 Å². The maximum atomic E-state index is 13.4. The Labute approximate surface area is 193 Å². The molecule has 2 aromatic carbocycles. The van der Waals surface area contributed by atoms with E-state index in [0.717, 1.165) is 42.5 Å². The fourth-order valence-electron chi connectivity index (χ4n) is 4.46. The molecular formula is C24H27FN2O5S. The number of rotatable bonds is 6. The van der Waals surface area contributed by atoms with Crippen molar-refractivity contribution in [2.24, 2.45) is 0 Å². The molecule has 1 saturated heterocycles. The normalized spacial score (nSPS) is 19.1. The smallest absolute Gasteiger partial charge is 0.308 e. The summed E-state index contributed by atoms with van der Waals surface area (Å²) in [7, 11) is -3.98. The zero-order chi connectivity index (χ0) is 23.4. The zero-order valence-corrected chi connectivity index (χ0v) is 19.1. The first-order chi connectivity index (χ1) is 15.9. The van der Waals surface area contributed by atoms with Gasteiger partial charge in [0, 0.05) is 19.6 Å². The number of benzene rings is 2. The number of fused-ring (bicyclic) bond motifs is 1. The maximum absolute atomic E-state index is 13.4. The lowest BCUT2D eigenvalue weighted by Crippen LogP contribution is -2.41. The number of amides is 1. The summed E-state index contributed by atoms with van der Waals surface area (Å²) in [6.45, 7) is 1.16. The third kappa shape index (κ3) is 5.25. The van der Waals surface area contributed by atoms with Crippen LogP contribution in [0.15, 0.2) is 53.4 Å². The summed E-state index contributed by atoms with van der Waals surface area (Å²) in [5, 5.41) is 0. The van der Waals surface area contributed by atoms with E-state index in [1.165, 1.54) is 16.4 Å². The summed E-state index contributed by atoms with van der Waals surface area (Å²) < 4.78 is 46.6. The number of carbonyl (C=O) groups is 2. The highest BCUT2D eigenvalue weighted by atomic mass is 32.2. The van der Waals surface area contributed by atoms with Gasteiger partial charge in [-0.15, -0.1) is 0 Å². The van der Waals surface area contributed by atoms with Crippen molar-refractivity contribution in [3.05, 3.63) is 65.5 Å². The number of likely N-dealkylation sites (tertiary alicyclic amines) is 1. The topological polar surface area (TPSA) is 84.0 Å². The lowest BCUT2D eigenvalue weighted by Gasteiger charge is -2.36. The van der Waals surface area contributed by atoms with Gasteiger partial charge in [-0.05, 0) is 61.1 Å². The molecular weight excluding hydrogens is 447 g/mol. The van der Waals surface area contributed by atoms with Crippen LogP contribution >= 0.6 is 0 Å². The SMILES string of the molecule is O=C(C[C@@H]1c2ccccc2CCN1S(=O)(=O)c1ccc(F)cc1)OCC(=O)N1CCCCC1. The number of halogens is 1. The summed E-state index contributed by atoms with van der Waals surface area (Å²) in [6.07, 6.45) is 3.24. The van der Waals surface area contributed by atoms with E-state index in [1.807, 2.05) is 12.1 Å². The van der Waals surface area contributed by atoms with Crippen molar-refractivity contribution in [3.63, 3.8) is 0 Å². The van der Waals surface area contributed by atoms with Gasteiger partial charge in [-0.25, -0.2) is 12.8 Å². The molecule has 2 heterocycles. The Morgan fingerprint density at radius 1 is 0.970 bits per heavy atom. The fraction of sp³-hybridized carbons (Fsp3) is 0.417. The van der Waals surface area contributed by atoms with Gasteiger partial charge < -0.3 is 9.64 Å². The zero-order valence-electron chi connectivity index (χ0n) is 18.3. The summed E-state index contributed by atoms with van der Waals surface area (Å²) in [5.41, 5.74) is 1.69. The monoisotopic (exact) mass is 474 g/mol. The van der Waals surface area contributed by atoms with E-state index in [9.17, 15) is 22.4 Å². The lowest BCUT2D eigenvalue weighted by molar-refractivity contribution is -0.153. The molecule has 0 unspecified atom stereocenters. The summed E-state index contributed by atoms with van der Waals surface area (Å²) in [4.78, 5) is 26.7. The average Bonchev–Trinajstić information content (AvgIpc) is 2.83. The Morgan fingerprint density at radius 3 is 2.39 bits per heavy atom. The quantitative estimate of drug-likeness (QED) is 0.601. The number of hydrogen-bond donors (Lipinski definition) is 0. The van der Waals surface area contributed by atoms with Crippen LogP contribution in [0.5, 0.6) is 0 Å². The largest absolute Gasteiger partial charge is 0.456 e. The van der Waals surface area contributed by atoms with E-state index in [2.05, 4.69) is 0 Å². The summed E-state index contributed by atoms with van der Waals surface area (Å²) in [6, 6.07) is 11.2. The predicted octanol–water partition coefficient (Wildman–Crippen LogP) is 3.06. The molecule has 1 atom stereocenters.